The van der Waals surface area contributed by atoms with E-state index in [1.807, 2.05) is 6.07 Å². The number of carboxylic acids is 1. The largest absolute Gasteiger partial charge is 0.480 e. The van der Waals surface area contributed by atoms with Crippen molar-refractivity contribution >= 4 is 52.0 Å². The molecule has 1 fully saturated rings. The fraction of sp³-hybridized carbons (Fsp3) is 0.208. The van der Waals surface area contributed by atoms with Crippen molar-refractivity contribution in [2.45, 2.75) is 31.8 Å². The van der Waals surface area contributed by atoms with E-state index in [1.54, 1.807) is 37.3 Å². The number of rotatable bonds is 5. The molecule has 0 spiro atoms. The van der Waals surface area contributed by atoms with Crippen LogP contribution in [0.1, 0.15) is 40.5 Å². The highest BCUT2D eigenvalue weighted by atomic mass is 35.5. The predicted molar refractivity (Wildman–Crippen MR) is 125 cm³/mol. The number of fused-ring (bicyclic) bond motifs is 1. The molecule has 0 aliphatic heterocycles. The van der Waals surface area contributed by atoms with Crippen LogP contribution in [-0.4, -0.2) is 21.5 Å². The van der Waals surface area contributed by atoms with Crippen molar-refractivity contribution < 1.29 is 28.3 Å². The molecular weight excluding hydrogens is 480 g/mol. The quantitative estimate of drug-likeness (QED) is 0.340. The molecule has 0 saturated heterocycles. The van der Waals surface area contributed by atoms with Crippen LogP contribution in [0.25, 0.3) is 11.2 Å². The van der Waals surface area contributed by atoms with E-state index in [-0.39, 0.29) is 12.4 Å². The fourth-order valence-electron chi connectivity index (χ4n) is 3.44. The summed E-state index contributed by atoms with van der Waals surface area (Å²) in [6.45, 7) is 1.78. The van der Waals surface area contributed by atoms with Gasteiger partial charge in [-0.3, -0.25) is 10.1 Å². The number of nitrogens with one attached hydrogen (secondary N) is 1. The molecule has 0 atom stereocenters. The predicted octanol–water partition coefficient (Wildman–Crippen LogP) is 5.71. The molecule has 0 unspecified atom stereocenters. The van der Waals surface area contributed by atoms with Crippen LogP contribution in [-0.2, 0) is 21.6 Å². The third-order valence-corrected chi connectivity index (χ3v) is 6.77. The van der Waals surface area contributed by atoms with Crippen LogP contribution in [0.15, 0.2) is 45.2 Å². The molecule has 1 saturated carbocycles. The Labute approximate surface area is 202 Å². The zero-order valence-electron chi connectivity index (χ0n) is 17.8. The summed E-state index contributed by atoms with van der Waals surface area (Å²) in [4.78, 5) is 24.3. The van der Waals surface area contributed by atoms with Gasteiger partial charge in [-0.05, 0) is 55.3 Å². The van der Waals surface area contributed by atoms with Gasteiger partial charge in [-0.25, -0.2) is 4.79 Å². The third kappa shape index (κ3) is 4.14. The molecule has 10 heteroatoms. The van der Waals surface area contributed by atoms with Crippen molar-refractivity contribution in [1.82, 2.24) is 4.37 Å². The van der Waals surface area contributed by atoms with Crippen LogP contribution in [0, 0.1) is 18.8 Å². The van der Waals surface area contributed by atoms with Crippen LogP contribution >= 0.6 is 23.1 Å². The molecule has 5 rings (SSSR count). The molecule has 0 bridgehead atoms. The van der Waals surface area contributed by atoms with Gasteiger partial charge in [-0.2, -0.15) is 4.37 Å². The van der Waals surface area contributed by atoms with E-state index in [1.165, 1.54) is 0 Å². The molecule has 2 N–H and O–H groups in total. The lowest BCUT2D eigenvalue weighted by molar-refractivity contribution is -0.140. The first-order chi connectivity index (χ1) is 16.4. The van der Waals surface area contributed by atoms with Crippen LogP contribution < -0.4 is 5.32 Å². The van der Waals surface area contributed by atoms with Gasteiger partial charge in [0, 0.05) is 16.7 Å². The van der Waals surface area contributed by atoms with E-state index in [2.05, 4.69) is 21.5 Å². The number of amides is 1. The minimum Gasteiger partial charge on any atom is -0.480 e. The summed E-state index contributed by atoms with van der Waals surface area (Å²) >= 11 is 7.22. The zero-order chi connectivity index (χ0) is 23.9. The van der Waals surface area contributed by atoms with E-state index >= 15 is 0 Å². The maximum atomic E-state index is 12.3. The van der Waals surface area contributed by atoms with E-state index in [0.717, 1.165) is 11.5 Å². The number of ether oxygens (including phenoxy) is 1. The highest BCUT2D eigenvalue weighted by Gasteiger charge is 2.54. The van der Waals surface area contributed by atoms with E-state index in [4.69, 9.17) is 25.2 Å². The Kier molecular flexibility index (Phi) is 5.55. The minimum absolute atomic E-state index is 0.0275. The molecule has 8 nitrogen and oxygen atoms in total. The number of hydrogen-bond acceptors (Lipinski definition) is 7. The highest BCUT2D eigenvalue weighted by Crippen LogP contribution is 2.50. The molecule has 34 heavy (non-hydrogen) atoms. The number of carboxylic acid groups (broad SMARTS) is 1. The smallest absolute Gasteiger partial charge is 0.412 e. The third-order valence-electron chi connectivity index (χ3n) is 5.55. The summed E-state index contributed by atoms with van der Waals surface area (Å²) in [6, 6.07) is 10.5. The average molecular weight is 497 g/mol. The number of aromatic nitrogens is 1. The second-order valence-corrected chi connectivity index (χ2v) is 9.05. The van der Waals surface area contributed by atoms with Crippen LogP contribution in [0.4, 0.5) is 10.5 Å². The lowest BCUT2D eigenvalue weighted by Crippen LogP contribution is -2.18. The first kappa shape index (κ1) is 22.1. The van der Waals surface area contributed by atoms with Gasteiger partial charge in [0.15, 0.2) is 5.76 Å². The van der Waals surface area contributed by atoms with E-state index in [9.17, 15) is 14.7 Å². The maximum absolute atomic E-state index is 12.3. The van der Waals surface area contributed by atoms with Crippen LogP contribution in [0.5, 0.6) is 0 Å². The minimum atomic E-state index is -0.936. The summed E-state index contributed by atoms with van der Waals surface area (Å²) in [5, 5.41) is 13.3. The van der Waals surface area contributed by atoms with Crippen molar-refractivity contribution in [2.75, 3.05) is 5.32 Å². The van der Waals surface area contributed by atoms with Crippen molar-refractivity contribution in [3.8, 4) is 11.8 Å². The number of benzene rings is 1. The number of halogens is 1. The Morgan fingerprint density at radius 1 is 1.26 bits per heavy atom. The molecule has 1 aromatic carbocycles. The monoisotopic (exact) mass is 496 g/mol. The number of carbonyl (C=O) groups is 2. The van der Waals surface area contributed by atoms with Gasteiger partial charge in [-0.1, -0.05) is 29.8 Å². The summed E-state index contributed by atoms with van der Waals surface area (Å²) < 4.78 is 20.8. The Hall–Kier alpha value is -3.74. The number of nitrogens with zero attached hydrogens (tertiary/aromatic N) is 1. The average Bonchev–Trinajstić information content (AvgIpc) is 3.25. The molecule has 3 aromatic heterocycles. The van der Waals surface area contributed by atoms with Gasteiger partial charge in [0.1, 0.15) is 22.7 Å². The van der Waals surface area contributed by atoms with E-state index in [0.29, 0.717) is 56.6 Å². The van der Waals surface area contributed by atoms with E-state index < -0.39 is 17.5 Å². The first-order valence-electron chi connectivity index (χ1n) is 10.3. The van der Waals surface area contributed by atoms with Gasteiger partial charge >= 0.3 is 12.1 Å². The topological polar surface area (TPSA) is 115 Å². The molecule has 1 aliphatic carbocycles. The number of aryl methyl sites for hydroxylation is 1. The standard InChI is InChI=1S/C24H17ClN2O6S/c1-13-20(26-23(30)31-12-14-4-2-3-5-17(14)25)18(34-27-13)7-6-16-10-15-11-19(33-21(15)32-16)24(8-9-24)22(28)29/h2-5,10-11H,8-9,12H2,1H3,(H,26,30)(H,28,29). The van der Waals surface area contributed by atoms with Gasteiger partial charge in [0.25, 0.3) is 5.78 Å². The summed E-state index contributed by atoms with van der Waals surface area (Å²) in [5.74, 6) is 5.92. The van der Waals surface area contributed by atoms with Crippen molar-refractivity contribution in [2.24, 2.45) is 0 Å². The van der Waals surface area contributed by atoms with Crippen LogP contribution in [0.2, 0.25) is 5.02 Å². The van der Waals surface area contributed by atoms with Crippen LogP contribution in [0.3, 0.4) is 0 Å². The SMILES string of the molecule is Cc1nsc(C#Cc2cc3cc(C4(C(=O)O)CC4)oc3o2)c1NC(=O)OCc1ccccc1Cl. The summed E-state index contributed by atoms with van der Waals surface area (Å²) in [7, 11) is 0. The number of carbonyl (C=O) groups excluding carboxylic acids is 1. The normalized spacial score (nSPS) is 13.8. The highest BCUT2D eigenvalue weighted by molar-refractivity contribution is 7.07. The lowest BCUT2D eigenvalue weighted by atomic mass is 10.0. The summed E-state index contributed by atoms with van der Waals surface area (Å²) in [6.07, 6.45) is 0.445. The van der Waals surface area contributed by atoms with Gasteiger partial charge < -0.3 is 18.7 Å². The second-order valence-electron chi connectivity index (χ2n) is 7.87. The van der Waals surface area contributed by atoms with Gasteiger partial charge in [0.2, 0.25) is 0 Å². The number of hydrogen-bond donors (Lipinski definition) is 2. The molecule has 172 valence electrons. The number of anilines is 1. The molecule has 1 amide bonds. The fourth-order valence-corrected chi connectivity index (χ4v) is 4.34. The molecule has 0 radical (unpaired) electrons. The number of aliphatic carboxylic acids is 1. The van der Waals surface area contributed by atoms with Crippen molar-refractivity contribution in [3.63, 3.8) is 0 Å². The Morgan fingerprint density at radius 2 is 2.06 bits per heavy atom. The lowest BCUT2D eigenvalue weighted by Gasteiger charge is -2.08. The van der Waals surface area contributed by atoms with Gasteiger partial charge in [-0.15, -0.1) is 0 Å². The Bertz CT molecular complexity index is 1450. The molecule has 4 aromatic rings. The molecule has 3 heterocycles. The first-order valence-corrected chi connectivity index (χ1v) is 11.4. The maximum Gasteiger partial charge on any atom is 0.412 e. The summed E-state index contributed by atoms with van der Waals surface area (Å²) in [5.41, 5.74) is 0.816. The van der Waals surface area contributed by atoms with Crippen molar-refractivity contribution in [3.05, 3.63) is 69.1 Å². The van der Waals surface area contributed by atoms with Crippen molar-refractivity contribution in [1.29, 1.82) is 0 Å². The Morgan fingerprint density at radius 3 is 2.76 bits per heavy atom. The van der Waals surface area contributed by atoms with Gasteiger partial charge in [0.05, 0.1) is 16.8 Å². The number of furan rings is 2. The molecular formula is C24H17ClN2O6S. The zero-order valence-corrected chi connectivity index (χ0v) is 19.4. The second kappa shape index (κ2) is 8.56. The Balaban J connectivity index is 1.29. The molecule has 1 aliphatic rings.